The molecule has 1 rings (SSSR count). The zero-order valence-corrected chi connectivity index (χ0v) is 10.1. The third-order valence-electron chi connectivity index (χ3n) is 3.21. The third kappa shape index (κ3) is 3.82. The van der Waals surface area contributed by atoms with Gasteiger partial charge in [-0.15, -0.1) is 0 Å². The first-order valence-corrected chi connectivity index (χ1v) is 6.23. The fourth-order valence-corrected chi connectivity index (χ4v) is 2.20. The molecule has 1 heterocycles. The lowest BCUT2D eigenvalue weighted by Gasteiger charge is -2.25. The molecule has 0 aromatic heterocycles. The highest BCUT2D eigenvalue weighted by atomic mass is 16.2. The number of amides is 1. The van der Waals surface area contributed by atoms with E-state index < -0.39 is 0 Å². The van der Waals surface area contributed by atoms with Gasteiger partial charge < -0.3 is 10.2 Å². The topological polar surface area (TPSA) is 32.3 Å². The maximum absolute atomic E-state index is 12.2. The molecular formula is C12H24N2O. The molecule has 1 amide bonds. The Morgan fingerprint density at radius 3 is 2.33 bits per heavy atom. The second kappa shape index (κ2) is 6.83. The molecule has 15 heavy (non-hydrogen) atoms. The zero-order valence-electron chi connectivity index (χ0n) is 10.1. The summed E-state index contributed by atoms with van der Waals surface area (Å²) in [5.41, 5.74) is 0. The van der Waals surface area contributed by atoms with Crippen LogP contribution in [-0.4, -0.2) is 37.5 Å². The van der Waals surface area contributed by atoms with Gasteiger partial charge in [0.25, 0.3) is 0 Å². The minimum atomic E-state index is 0.174. The number of hydrogen-bond acceptors (Lipinski definition) is 2. The van der Waals surface area contributed by atoms with Gasteiger partial charge in [-0.25, -0.2) is 0 Å². The van der Waals surface area contributed by atoms with Gasteiger partial charge in [0.15, 0.2) is 0 Å². The fourth-order valence-electron chi connectivity index (χ4n) is 2.20. The van der Waals surface area contributed by atoms with Crippen molar-refractivity contribution in [2.75, 3.05) is 26.7 Å². The van der Waals surface area contributed by atoms with Crippen molar-refractivity contribution in [1.29, 1.82) is 0 Å². The molecule has 1 fully saturated rings. The van der Waals surface area contributed by atoms with Crippen molar-refractivity contribution >= 4 is 5.91 Å². The van der Waals surface area contributed by atoms with Crippen molar-refractivity contribution < 1.29 is 4.79 Å². The molecule has 1 N–H and O–H groups in total. The summed E-state index contributed by atoms with van der Waals surface area (Å²) in [7, 11) is 1.92. The molecule has 1 aliphatic rings. The van der Waals surface area contributed by atoms with Gasteiger partial charge in [0.1, 0.15) is 0 Å². The van der Waals surface area contributed by atoms with E-state index >= 15 is 0 Å². The van der Waals surface area contributed by atoms with Gasteiger partial charge in [0.2, 0.25) is 5.91 Å². The molecule has 3 nitrogen and oxygen atoms in total. The van der Waals surface area contributed by atoms with Crippen molar-refractivity contribution in [3.63, 3.8) is 0 Å². The van der Waals surface area contributed by atoms with Crippen molar-refractivity contribution in [3.05, 3.63) is 0 Å². The quantitative estimate of drug-likeness (QED) is 0.768. The van der Waals surface area contributed by atoms with Gasteiger partial charge in [-0.05, 0) is 26.3 Å². The van der Waals surface area contributed by atoms with Gasteiger partial charge in [-0.3, -0.25) is 4.79 Å². The lowest BCUT2D eigenvalue weighted by Crippen LogP contribution is -2.40. The smallest absolute Gasteiger partial charge is 0.226 e. The Kier molecular flexibility index (Phi) is 5.69. The first kappa shape index (κ1) is 12.5. The van der Waals surface area contributed by atoms with Crippen molar-refractivity contribution in [1.82, 2.24) is 10.2 Å². The monoisotopic (exact) mass is 212 g/mol. The van der Waals surface area contributed by atoms with Gasteiger partial charge in [0, 0.05) is 19.6 Å². The molecule has 3 heteroatoms. The highest BCUT2D eigenvalue weighted by Crippen LogP contribution is 2.14. The second-order valence-electron chi connectivity index (χ2n) is 4.40. The van der Waals surface area contributed by atoms with Crippen LogP contribution in [0.2, 0.25) is 0 Å². The van der Waals surface area contributed by atoms with E-state index in [0.29, 0.717) is 5.91 Å². The maximum atomic E-state index is 12.2. The number of nitrogens with one attached hydrogen (secondary N) is 1. The standard InChI is InChI=1S/C12H24N2O/c1-3-11(10-13-2)12(15)14-8-6-4-5-7-9-14/h11,13H,3-10H2,1-2H3. The molecule has 1 unspecified atom stereocenters. The van der Waals surface area contributed by atoms with Crippen LogP contribution in [0, 0.1) is 5.92 Å². The number of likely N-dealkylation sites (tertiary alicyclic amines) is 1. The Morgan fingerprint density at radius 2 is 1.87 bits per heavy atom. The Balaban J connectivity index is 2.47. The zero-order chi connectivity index (χ0) is 11.1. The summed E-state index contributed by atoms with van der Waals surface area (Å²) in [5.74, 6) is 0.529. The molecule has 0 aliphatic carbocycles. The predicted molar refractivity (Wildman–Crippen MR) is 62.8 cm³/mol. The Bertz CT molecular complexity index is 186. The van der Waals surface area contributed by atoms with E-state index in [1.54, 1.807) is 0 Å². The Hall–Kier alpha value is -0.570. The number of carbonyl (C=O) groups excluding carboxylic acids is 1. The number of rotatable bonds is 4. The molecule has 1 saturated heterocycles. The van der Waals surface area contributed by atoms with Gasteiger partial charge >= 0.3 is 0 Å². The second-order valence-corrected chi connectivity index (χ2v) is 4.40. The summed E-state index contributed by atoms with van der Waals surface area (Å²) in [6.07, 6.45) is 5.87. The molecular weight excluding hydrogens is 188 g/mol. The minimum absolute atomic E-state index is 0.174. The largest absolute Gasteiger partial charge is 0.342 e. The van der Waals surface area contributed by atoms with E-state index in [1.807, 2.05) is 7.05 Å². The van der Waals surface area contributed by atoms with Gasteiger partial charge in [-0.1, -0.05) is 19.8 Å². The average Bonchev–Trinajstić information content (AvgIpc) is 2.53. The first-order valence-electron chi connectivity index (χ1n) is 6.23. The van der Waals surface area contributed by atoms with Crippen LogP contribution in [0.5, 0.6) is 0 Å². The summed E-state index contributed by atoms with van der Waals surface area (Å²) in [4.78, 5) is 14.2. The normalized spacial score (nSPS) is 19.7. The number of carbonyl (C=O) groups is 1. The van der Waals surface area contributed by atoms with Crippen molar-refractivity contribution in [3.8, 4) is 0 Å². The van der Waals surface area contributed by atoms with Crippen LogP contribution in [-0.2, 0) is 4.79 Å². The predicted octanol–water partition coefficient (Wildman–Crippen LogP) is 1.63. The molecule has 0 bridgehead atoms. The van der Waals surface area contributed by atoms with E-state index in [0.717, 1.165) is 26.1 Å². The fraction of sp³-hybridized carbons (Fsp3) is 0.917. The van der Waals surface area contributed by atoms with Crippen LogP contribution >= 0.6 is 0 Å². The minimum Gasteiger partial charge on any atom is -0.342 e. The van der Waals surface area contributed by atoms with Crippen LogP contribution in [0.25, 0.3) is 0 Å². The van der Waals surface area contributed by atoms with E-state index in [2.05, 4.69) is 17.1 Å². The van der Waals surface area contributed by atoms with Crippen molar-refractivity contribution in [2.24, 2.45) is 5.92 Å². The number of hydrogen-bond donors (Lipinski definition) is 1. The highest BCUT2D eigenvalue weighted by molar-refractivity contribution is 5.79. The summed E-state index contributed by atoms with van der Waals surface area (Å²) in [6.45, 7) is 4.85. The summed E-state index contributed by atoms with van der Waals surface area (Å²) < 4.78 is 0. The van der Waals surface area contributed by atoms with Crippen molar-refractivity contribution in [2.45, 2.75) is 39.0 Å². The summed E-state index contributed by atoms with van der Waals surface area (Å²) in [5, 5.41) is 3.11. The summed E-state index contributed by atoms with van der Waals surface area (Å²) in [6, 6.07) is 0. The van der Waals surface area contributed by atoms with E-state index in [4.69, 9.17) is 0 Å². The van der Waals surface area contributed by atoms with Crippen LogP contribution in [0.15, 0.2) is 0 Å². The van der Waals surface area contributed by atoms with Crippen LogP contribution in [0.3, 0.4) is 0 Å². The molecule has 88 valence electrons. The molecule has 0 aromatic rings. The molecule has 0 spiro atoms. The molecule has 0 aromatic carbocycles. The molecule has 1 atom stereocenters. The lowest BCUT2D eigenvalue weighted by atomic mass is 10.0. The average molecular weight is 212 g/mol. The highest BCUT2D eigenvalue weighted by Gasteiger charge is 2.22. The molecule has 0 saturated carbocycles. The van der Waals surface area contributed by atoms with Crippen LogP contribution in [0.1, 0.15) is 39.0 Å². The van der Waals surface area contributed by atoms with E-state index in [1.165, 1.54) is 25.7 Å². The van der Waals surface area contributed by atoms with Crippen LogP contribution in [0.4, 0.5) is 0 Å². The van der Waals surface area contributed by atoms with Crippen LogP contribution < -0.4 is 5.32 Å². The molecule has 0 radical (unpaired) electrons. The van der Waals surface area contributed by atoms with E-state index in [9.17, 15) is 4.79 Å². The first-order chi connectivity index (χ1) is 7.29. The van der Waals surface area contributed by atoms with E-state index in [-0.39, 0.29) is 5.92 Å². The lowest BCUT2D eigenvalue weighted by molar-refractivity contribution is -0.135. The SMILES string of the molecule is CCC(CNC)C(=O)N1CCCCCC1. The van der Waals surface area contributed by atoms with Gasteiger partial charge in [0.05, 0.1) is 5.92 Å². The molecule has 1 aliphatic heterocycles. The number of nitrogens with zero attached hydrogens (tertiary/aromatic N) is 1. The Labute approximate surface area is 93.2 Å². The third-order valence-corrected chi connectivity index (χ3v) is 3.21. The Morgan fingerprint density at radius 1 is 1.27 bits per heavy atom. The maximum Gasteiger partial charge on any atom is 0.226 e. The summed E-state index contributed by atoms with van der Waals surface area (Å²) >= 11 is 0. The van der Waals surface area contributed by atoms with Gasteiger partial charge in [-0.2, -0.15) is 0 Å².